The maximum atomic E-state index is 12.6. The number of nitrogens with one attached hydrogen (secondary N) is 1. The van der Waals surface area contributed by atoms with Crippen LogP contribution in [0.4, 0.5) is 5.69 Å². The quantitative estimate of drug-likeness (QED) is 0.697. The molecule has 0 saturated carbocycles. The number of aliphatic hydroxyl groups is 1. The molecule has 1 atom stereocenters. The third-order valence-corrected chi connectivity index (χ3v) is 6.50. The summed E-state index contributed by atoms with van der Waals surface area (Å²) >= 11 is 0. The second-order valence-electron chi connectivity index (χ2n) is 7.36. The van der Waals surface area contributed by atoms with E-state index in [1.807, 2.05) is 0 Å². The molecule has 3 rings (SSSR count). The molecule has 29 heavy (non-hydrogen) atoms. The monoisotopic (exact) mass is 422 g/mol. The average molecular weight is 423 g/mol. The number of hydrogen-bond acceptors (Lipinski definition) is 6. The van der Waals surface area contributed by atoms with Crippen LogP contribution in [-0.4, -0.2) is 47.2 Å². The Labute approximate surface area is 169 Å². The van der Waals surface area contributed by atoms with Gasteiger partial charge in [0.1, 0.15) is 0 Å². The molecular weight excluding hydrogens is 396 g/mol. The number of anilines is 1. The number of aromatic nitrogens is 2. The third kappa shape index (κ3) is 4.77. The zero-order chi connectivity index (χ0) is 21.2. The molecule has 1 aliphatic heterocycles. The summed E-state index contributed by atoms with van der Waals surface area (Å²) in [4.78, 5) is 25.7. The molecule has 2 aromatic rings. The van der Waals surface area contributed by atoms with Crippen molar-refractivity contribution in [3.05, 3.63) is 56.9 Å². The van der Waals surface area contributed by atoms with Crippen LogP contribution in [-0.2, 0) is 24.1 Å². The fourth-order valence-electron chi connectivity index (χ4n) is 3.43. The van der Waals surface area contributed by atoms with Gasteiger partial charge in [-0.25, -0.2) is 13.2 Å². The van der Waals surface area contributed by atoms with Gasteiger partial charge in [0.25, 0.3) is 15.6 Å². The zero-order valence-electron chi connectivity index (χ0n) is 16.5. The highest BCUT2D eigenvalue weighted by atomic mass is 32.2. The Morgan fingerprint density at radius 2 is 1.69 bits per heavy atom. The summed E-state index contributed by atoms with van der Waals surface area (Å²) in [6.45, 7) is 2.49. The maximum absolute atomic E-state index is 12.6. The highest BCUT2D eigenvalue weighted by Gasteiger charge is 2.22. The van der Waals surface area contributed by atoms with E-state index in [-0.39, 0.29) is 5.69 Å². The normalized spacial score (nSPS) is 16.5. The number of sulfonamides is 1. The molecule has 0 bridgehead atoms. The highest BCUT2D eigenvalue weighted by molar-refractivity contribution is 7.92. The zero-order valence-corrected chi connectivity index (χ0v) is 17.4. The Hall–Kier alpha value is -2.43. The topological polar surface area (TPSA) is 114 Å². The fourth-order valence-corrected chi connectivity index (χ4v) is 4.65. The minimum absolute atomic E-state index is 0.259. The van der Waals surface area contributed by atoms with Crippen LogP contribution in [0.2, 0.25) is 0 Å². The first kappa shape index (κ1) is 21.3. The summed E-state index contributed by atoms with van der Waals surface area (Å²) in [6.07, 6.45) is 3.84. The van der Waals surface area contributed by atoms with Gasteiger partial charge in [0, 0.05) is 32.5 Å². The predicted octanol–water partition coefficient (Wildman–Crippen LogP) is 0.404. The third-order valence-electron chi connectivity index (χ3n) is 5.13. The van der Waals surface area contributed by atoms with Crippen LogP contribution in [0, 0.1) is 0 Å². The lowest BCUT2D eigenvalue weighted by atomic mass is 10.1. The van der Waals surface area contributed by atoms with Crippen molar-refractivity contribution < 1.29 is 13.5 Å². The van der Waals surface area contributed by atoms with E-state index in [4.69, 9.17) is 0 Å². The van der Waals surface area contributed by atoms with E-state index in [0.717, 1.165) is 41.3 Å². The Morgan fingerprint density at radius 3 is 2.31 bits per heavy atom. The van der Waals surface area contributed by atoms with E-state index in [1.165, 1.54) is 20.5 Å². The largest absolute Gasteiger partial charge is 0.387 e. The van der Waals surface area contributed by atoms with E-state index in [0.29, 0.717) is 12.1 Å². The van der Waals surface area contributed by atoms with Crippen molar-refractivity contribution in [2.45, 2.75) is 30.3 Å². The molecule has 0 amide bonds. The van der Waals surface area contributed by atoms with Crippen molar-refractivity contribution in [1.29, 1.82) is 0 Å². The lowest BCUT2D eigenvalue weighted by Gasteiger charge is -2.28. The number of benzene rings is 1. The molecule has 0 spiro atoms. The Bertz CT molecular complexity index is 1080. The number of aliphatic hydroxyl groups excluding tert-OH is 1. The van der Waals surface area contributed by atoms with Crippen molar-refractivity contribution in [3.8, 4) is 0 Å². The molecule has 1 unspecified atom stereocenters. The summed E-state index contributed by atoms with van der Waals surface area (Å²) in [6, 6.07) is 6.40. The van der Waals surface area contributed by atoms with Gasteiger partial charge in [-0.1, -0.05) is 18.6 Å². The lowest BCUT2D eigenvalue weighted by molar-refractivity contribution is 0.101. The first-order chi connectivity index (χ1) is 13.7. The minimum Gasteiger partial charge on any atom is -0.387 e. The van der Waals surface area contributed by atoms with Crippen molar-refractivity contribution in [2.24, 2.45) is 14.1 Å². The van der Waals surface area contributed by atoms with Crippen molar-refractivity contribution >= 4 is 15.7 Å². The van der Waals surface area contributed by atoms with Crippen LogP contribution in [0.1, 0.15) is 30.9 Å². The first-order valence-corrected chi connectivity index (χ1v) is 11.0. The lowest BCUT2D eigenvalue weighted by Crippen LogP contribution is -2.40. The molecule has 1 fully saturated rings. The standard InChI is InChI=1S/C19H26N4O5S/c1-21-13-17(18(25)22(2)19(21)26)29(27,28)20-15-8-6-14(7-9-15)16(24)12-23-10-4-3-5-11-23/h6-9,13,16,20,24H,3-5,10-12H2,1-2H3. The molecule has 0 aliphatic carbocycles. The molecular formula is C19H26N4O5S. The molecule has 2 N–H and O–H groups in total. The molecule has 0 radical (unpaired) electrons. The first-order valence-electron chi connectivity index (χ1n) is 9.49. The smallest absolute Gasteiger partial charge is 0.330 e. The molecule has 1 saturated heterocycles. The van der Waals surface area contributed by atoms with Gasteiger partial charge in [-0.15, -0.1) is 0 Å². The van der Waals surface area contributed by atoms with Gasteiger partial charge >= 0.3 is 5.69 Å². The van der Waals surface area contributed by atoms with Crippen molar-refractivity contribution in [3.63, 3.8) is 0 Å². The van der Waals surface area contributed by atoms with Gasteiger partial charge < -0.3 is 14.6 Å². The van der Waals surface area contributed by atoms with Gasteiger partial charge in [0.15, 0.2) is 4.90 Å². The highest BCUT2D eigenvalue weighted by Crippen LogP contribution is 2.20. The Kier molecular flexibility index (Phi) is 6.25. The van der Waals surface area contributed by atoms with Gasteiger partial charge in [-0.05, 0) is 43.6 Å². The van der Waals surface area contributed by atoms with Crippen LogP contribution >= 0.6 is 0 Å². The summed E-state index contributed by atoms with van der Waals surface area (Å²) in [5, 5.41) is 10.4. The van der Waals surface area contributed by atoms with Crippen LogP contribution < -0.4 is 16.0 Å². The van der Waals surface area contributed by atoms with Crippen LogP contribution in [0.25, 0.3) is 0 Å². The van der Waals surface area contributed by atoms with Crippen LogP contribution in [0.3, 0.4) is 0 Å². The number of β-amino-alcohol motifs (C(OH)–C–C–N with tert-alkyl or cyclic N) is 1. The SMILES string of the molecule is Cn1cc(S(=O)(=O)Nc2ccc(C(O)CN3CCCCC3)cc2)c(=O)n(C)c1=O. The van der Waals surface area contributed by atoms with Crippen molar-refractivity contribution in [2.75, 3.05) is 24.4 Å². The van der Waals surface area contributed by atoms with E-state index in [9.17, 15) is 23.1 Å². The van der Waals surface area contributed by atoms with Crippen LogP contribution in [0.5, 0.6) is 0 Å². The number of hydrogen-bond donors (Lipinski definition) is 2. The van der Waals surface area contributed by atoms with E-state index >= 15 is 0 Å². The van der Waals surface area contributed by atoms with Gasteiger partial charge in [-0.2, -0.15) is 0 Å². The van der Waals surface area contributed by atoms with Crippen molar-refractivity contribution in [1.82, 2.24) is 14.0 Å². The second kappa shape index (κ2) is 8.52. The molecule has 10 heteroatoms. The molecule has 1 aromatic heterocycles. The molecule has 1 aromatic carbocycles. The van der Waals surface area contributed by atoms with Gasteiger partial charge in [-0.3, -0.25) is 14.1 Å². The average Bonchev–Trinajstić information content (AvgIpc) is 2.70. The number of rotatable bonds is 6. The van der Waals surface area contributed by atoms with Crippen LogP contribution in [0.15, 0.2) is 44.9 Å². The molecule has 9 nitrogen and oxygen atoms in total. The molecule has 1 aliphatic rings. The summed E-state index contributed by atoms with van der Waals surface area (Å²) in [5.41, 5.74) is -0.554. The summed E-state index contributed by atoms with van der Waals surface area (Å²) in [5.74, 6) is 0. The number of nitrogens with zero attached hydrogens (tertiary/aromatic N) is 3. The summed E-state index contributed by atoms with van der Waals surface area (Å²) in [7, 11) is -1.58. The predicted molar refractivity (Wildman–Crippen MR) is 109 cm³/mol. The maximum Gasteiger partial charge on any atom is 0.330 e. The Morgan fingerprint density at radius 1 is 1.07 bits per heavy atom. The van der Waals surface area contributed by atoms with E-state index < -0.39 is 32.3 Å². The van der Waals surface area contributed by atoms with E-state index in [2.05, 4.69) is 9.62 Å². The minimum atomic E-state index is -4.18. The number of piperidine rings is 1. The van der Waals surface area contributed by atoms with Gasteiger partial charge in [0.2, 0.25) is 0 Å². The summed E-state index contributed by atoms with van der Waals surface area (Å²) < 4.78 is 29.4. The number of aryl methyl sites for hydroxylation is 1. The number of likely N-dealkylation sites (tertiary alicyclic amines) is 1. The molecule has 158 valence electrons. The fraction of sp³-hybridized carbons (Fsp3) is 0.474. The van der Waals surface area contributed by atoms with E-state index in [1.54, 1.807) is 24.3 Å². The Balaban J connectivity index is 1.75. The molecule has 2 heterocycles. The van der Waals surface area contributed by atoms with Gasteiger partial charge in [0.05, 0.1) is 6.10 Å². The second-order valence-corrected chi connectivity index (χ2v) is 9.01.